The summed E-state index contributed by atoms with van der Waals surface area (Å²) in [5.41, 5.74) is -3.73. The first-order valence-corrected chi connectivity index (χ1v) is 19.6. The van der Waals surface area contributed by atoms with Gasteiger partial charge in [-0.25, -0.2) is 0 Å². The van der Waals surface area contributed by atoms with Gasteiger partial charge in [0.1, 0.15) is 23.9 Å². The fraction of sp³-hybridized carbons (Fsp3) is 0.974. The Morgan fingerprint density at radius 3 is 2.23 bits per heavy atom. The largest absolute Gasteiger partial charge is 0.459 e. The van der Waals surface area contributed by atoms with Crippen molar-refractivity contribution in [3.05, 3.63) is 0 Å². The number of fused-ring (bicyclic) bond motifs is 2. The summed E-state index contributed by atoms with van der Waals surface area (Å²) in [5, 5.41) is 45.6. The number of aliphatic hydroxyl groups is 4. The number of carbonyl (C=O) groups excluding carboxylic acids is 1. The molecule has 4 heterocycles. The standard InChI is InChI=1S/C39H71NO12/c1-15-27(41)39(12,45)34-22(6)30-20(4)17-38(11,52-30)33(51-36-29(42)26(16-21(5)47-36)40(13)19(2)3)23(7)31(24(8)35(44)50-34)49-28-18-37(10,46-14)32(43)25(9)48-28/h19-34,36,41-43,45H,15-18H2,1-14H3/t20?,21?,22-,23-,24+,25?,26?,27+,28-,29?,30?,31+,32-,33+,34+,36-,37?,38+,39+/m0/s1. The van der Waals surface area contributed by atoms with Crippen LogP contribution in [0.15, 0.2) is 0 Å². The van der Waals surface area contributed by atoms with E-state index in [1.807, 2.05) is 34.7 Å². The molecule has 13 heteroatoms. The van der Waals surface area contributed by atoms with Crippen LogP contribution in [0.1, 0.15) is 109 Å². The van der Waals surface area contributed by atoms with Crippen LogP contribution < -0.4 is 0 Å². The summed E-state index contributed by atoms with van der Waals surface area (Å²) in [5.74, 6) is -2.69. The lowest BCUT2D eigenvalue weighted by Gasteiger charge is -2.49. The maximum Gasteiger partial charge on any atom is 0.311 e. The predicted molar refractivity (Wildman–Crippen MR) is 193 cm³/mol. The number of carbonyl (C=O) groups is 1. The number of hydrogen-bond donors (Lipinski definition) is 4. The van der Waals surface area contributed by atoms with E-state index in [0.29, 0.717) is 12.8 Å². The van der Waals surface area contributed by atoms with E-state index in [2.05, 4.69) is 25.7 Å². The first-order chi connectivity index (χ1) is 24.0. The van der Waals surface area contributed by atoms with Gasteiger partial charge in [0, 0.05) is 37.5 Å². The molecule has 52 heavy (non-hydrogen) atoms. The number of hydrogen-bond acceptors (Lipinski definition) is 13. The second-order valence-corrected chi connectivity index (χ2v) is 17.6. The Balaban J connectivity index is 1.83. The van der Waals surface area contributed by atoms with Gasteiger partial charge < -0.3 is 53.6 Å². The van der Waals surface area contributed by atoms with Crippen molar-refractivity contribution in [1.82, 2.24) is 4.90 Å². The molecular weight excluding hydrogens is 674 g/mol. The number of methoxy groups -OCH3 is 1. The molecule has 0 spiro atoms. The second-order valence-electron chi connectivity index (χ2n) is 17.6. The molecule has 19 atom stereocenters. The van der Waals surface area contributed by atoms with E-state index in [1.54, 1.807) is 27.7 Å². The van der Waals surface area contributed by atoms with Crippen molar-refractivity contribution < 1.29 is 58.4 Å². The fourth-order valence-corrected chi connectivity index (χ4v) is 9.48. The van der Waals surface area contributed by atoms with Gasteiger partial charge >= 0.3 is 5.97 Å². The SMILES string of the molecule is CC[C@@H](O)[C@@](C)(O)[C@@H]1OC(=O)[C@H](C)[C@H](O[C@H]2CC(C)(OC)[C@@H](O)C(C)O2)[C@H](C)[C@@H](O[C@@H]2OC(C)CC(N(C)C(C)C)C2O)[C@@]2(C)CC(C)C(O2)[C@@H]1C. The molecule has 0 aromatic carbocycles. The van der Waals surface area contributed by atoms with Crippen molar-refractivity contribution in [2.24, 2.45) is 23.7 Å². The molecule has 4 N–H and O–H groups in total. The Morgan fingerprint density at radius 1 is 1.02 bits per heavy atom. The van der Waals surface area contributed by atoms with Gasteiger partial charge in [-0.1, -0.05) is 27.7 Å². The summed E-state index contributed by atoms with van der Waals surface area (Å²) >= 11 is 0. The van der Waals surface area contributed by atoms with Gasteiger partial charge in [-0.05, 0) is 87.6 Å². The van der Waals surface area contributed by atoms with Crippen molar-refractivity contribution in [2.45, 2.75) is 205 Å². The van der Waals surface area contributed by atoms with Crippen molar-refractivity contribution in [1.29, 1.82) is 0 Å². The summed E-state index contributed by atoms with van der Waals surface area (Å²) in [4.78, 5) is 16.5. The van der Waals surface area contributed by atoms with Crippen LogP contribution in [0, 0.1) is 23.7 Å². The van der Waals surface area contributed by atoms with Gasteiger partial charge in [-0.3, -0.25) is 9.69 Å². The zero-order valence-corrected chi connectivity index (χ0v) is 34.1. The third-order valence-electron chi connectivity index (χ3n) is 13.0. The van der Waals surface area contributed by atoms with Crippen LogP contribution >= 0.6 is 0 Å². The molecule has 0 aromatic heterocycles. The highest BCUT2D eigenvalue weighted by molar-refractivity contribution is 5.73. The number of cyclic esters (lactones) is 1. The highest BCUT2D eigenvalue weighted by atomic mass is 16.7. The molecule has 4 aliphatic heterocycles. The van der Waals surface area contributed by atoms with Crippen LogP contribution in [-0.4, -0.2) is 142 Å². The minimum absolute atomic E-state index is 0.0624. The van der Waals surface area contributed by atoms with Gasteiger partial charge in [0.25, 0.3) is 0 Å². The maximum atomic E-state index is 14.3. The lowest BCUT2D eigenvalue weighted by molar-refractivity contribution is -0.318. The van der Waals surface area contributed by atoms with Gasteiger partial charge in [0.2, 0.25) is 0 Å². The van der Waals surface area contributed by atoms with E-state index in [1.165, 1.54) is 14.0 Å². The molecule has 4 saturated heterocycles. The van der Waals surface area contributed by atoms with E-state index in [-0.39, 0.29) is 36.9 Å². The second kappa shape index (κ2) is 16.6. The lowest BCUT2D eigenvalue weighted by Crippen LogP contribution is -2.61. The fourth-order valence-electron chi connectivity index (χ4n) is 9.48. The average Bonchev–Trinajstić information content (AvgIpc) is 3.40. The predicted octanol–water partition coefficient (Wildman–Crippen LogP) is 3.40. The zero-order chi connectivity index (χ0) is 39.2. The molecule has 0 aromatic rings. The van der Waals surface area contributed by atoms with Crippen LogP contribution in [0.4, 0.5) is 0 Å². The van der Waals surface area contributed by atoms with E-state index in [9.17, 15) is 25.2 Å². The van der Waals surface area contributed by atoms with E-state index < -0.39 is 102 Å². The quantitative estimate of drug-likeness (QED) is 0.241. The molecule has 2 bridgehead atoms. The summed E-state index contributed by atoms with van der Waals surface area (Å²) in [6.07, 6.45) is -7.43. The molecule has 7 unspecified atom stereocenters. The van der Waals surface area contributed by atoms with Crippen LogP contribution in [0.2, 0.25) is 0 Å². The Bertz CT molecular complexity index is 1190. The highest BCUT2D eigenvalue weighted by Crippen LogP contribution is 2.48. The van der Waals surface area contributed by atoms with E-state index in [4.69, 9.17) is 33.2 Å². The van der Waals surface area contributed by atoms with Gasteiger partial charge in [-0.2, -0.15) is 0 Å². The Labute approximate surface area is 311 Å². The Hall–Kier alpha value is -0.970. The smallest absolute Gasteiger partial charge is 0.311 e. The van der Waals surface area contributed by atoms with Crippen LogP contribution in [0.5, 0.6) is 0 Å². The summed E-state index contributed by atoms with van der Waals surface area (Å²) in [6.45, 7) is 22.5. The topological polar surface area (TPSA) is 166 Å². The molecule has 4 rings (SSSR count). The normalized spacial score (nSPS) is 48.2. The van der Waals surface area contributed by atoms with Crippen molar-refractivity contribution >= 4 is 5.97 Å². The summed E-state index contributed by atoms with van der Waals surface area (Å²) < 4.78 is 45.4. The molecule has 4 aliphatic rings. The first kappa shape index (κ1) is 43.8. The number of aliphatic hydroxyl groups excluding tert-OH is 3. The molecular formula is C39H71NO12. The van der Waals surface area contributed by atoms with Crippen LogP contribution in [-0.2, 0) is 38.0 Å². The molecule has 13 nitrogen and oxygen atoms in total. The maximum absolute atomic E-state index is 14.3. The minimum Gasteiger partial charge on any atom is -0.459 e. The molecule has 304 valence electrons. The number of esters is 1. The van der Waals surface area contributed by atoms with E-state index >= 15 is 0 Å². The Kier molecular flexibility index (Phi) is 14.0. The zero-order valence-electron chi connectivity index (χ0n) is 34.1. The van der Waals surface area contributed by atoms with Gasteiger partial charge in [-0.15, -0.1) is 0 Å². The van der Waals surface area contributed by atoms with Crippen molar-refractivity contribution in [2.75, 3.05) is 14.2 Å². The molecule has 0 radical (unpaired) electrons. The number of likely N-dealkylation sites (N-methyl/N-ethyl adjacent to an activating group) is 1. The number of nitrogens with zero attached hydrogens (tertiary/aromatic N) is 1. The highest BCUT2D eigenvalue weighted by Gasteiger charge is 2.59. The number of rotatable bonds is 10. The van der Waals surface area contributed by atoms with Crippen molar-refractivity contribution in [3.63, 3.8) is 0 Å². The van der Waals surface area contributed by atoms with Crippen molar-refractivity contribution in [3.8, 4) is 0 Å². The first-order valence-electron chi connectivity index (χ1n) is 19.6. The van der Waals surface area contributed by atoms with Gasteiger partial charge in [0.05, 0.1) is 53.7 Å². The average molecular weight is 746 g/mol. The molecule has 0 saturated carbocycles. The van der Waals surface area contributed by atoms with E-state index in [0.717, 1.165) is 0 Å². The monoisotopic (exact) mass is 745 g/mol. The van der Waals surface area contributed by atoms with Crippen LogP contribution in [0.3, 0.4) is 0 Å². The number of ether oxygens (including phenoxy) is 7. The molecule has 4 fully saturated rings. The molecule has 0 aliphatic carbocycles. The third-order valence-corrected chi connectivity index (χ3v) is 13.0. The third kappa shape index (κ3) is 8.55. The Morgan fingerprint density at radius 2 is 1.65 bits per heavy atom. The lowest BCUT2D eigenvalue weighted by atomic mass is 9.76. The van der Waals surface area contributed by atoms with Crippen LogP contribution in [0.25, 0.3) is 0 Å². The summed E-state index contributed by atoms with van der Waals surface area (Å²) in [7, 11) is 3.53. The molecule has 0 amide bonds. The minimum atomic E-state index is -1.79. The van der Waals surface area contributed by atoms with Gasteiger partial charge in [0.15, 0.2) is 12.6 Å². The summed E-state index contributed by atoms with van der Waals surface area (Å²) in [6, 6.07) is -0.0455.